The highest BCUT2D eigenvalue weighted by Crippen LogP contribution is 2.47. The molecule has 0 spiro atoms. The van der Waals surface area contributed by atoms with Crippen LogP contribution in [-0.2, 0) is 20.8 Å². The Morgan fingerprint density at radius 2 is 2.00 bits per heavy atom. The summed E-state index contributed by atoms with van der Waals surface area (Å²) < 4.78 is 17.1. The van der Waals surface area contributed by atoms with E-state index >= 15 is 0 Å². The van der Waals surface area contributed by atoms with Crippen LogP contribution in [0.4, 0.5) is 0 Å². The second-order valence-electron chi connectivity index (χ2n) is 6.76. The summed E-state index contributed by atoms with van der Waals surface area (Å²) in [5, 5.41) is 0. The fourth-order valence-electron chi connectivity index (χ4n) is 3.82. The van der Waals surface area contributed by atoms with Crippen LogP contribution in [0.25, 0.3) is 0 Å². The van der Waals surface area contributed by atoms with Gasteiger partial charge in [-0.15, -0.1) is 0 Å². The van der Waals surface area contributed by atoms with Crippen LogP contribution in [-0.4, -0.2) is 47.9 Å². The zero-order valence-corrected chi connectivity index (χ0v) is 13.1. The molecule has 0 radical (unpaired) electrons. The summed E-state index contributed by atoms with van der Waals surface area (Å²) in [7, 11) is 1.66. The summed E-state index contributed by atoms with van der Waals surface area (Å²) in [6.07, 6.45) is 0.384. The minimum Gasteiger partial charge on any atom is -0.497 e. The lowest BCUT2D eigenvalue weighted by Crippen LogP contribution is -2.38. The van der Waals surface area contributed by atoms with Gasteiger partial charge in [0.25, 0.3) is 0 Å². The Labute approximate surface area is 130 Å². The highest BCUT2D eigenvalue weighted by molar-refractivity contribution is 5.90. The topological polar surface area (TPSA) is 47.8 Å². The van der Waals surface area contributed by atoms with Gasteiger partial charge in [0.15, 0.2) is 11.6 Å². The monoisotopic (exact) mass is 303 g/mol. The number of methoxy groups -OCH3 is 1. The van der Waals surface area contributed by atoms with Crippen molar-refractivity contribution in [3.8, 4) is 5.75 Å². The predicted octanol–water partition coefficient (Wildman–Crippen LogP) is 1.74. The number of fused-ring (bicyclic) bond motifs is 3. The van der Waals surface area contributed by atoms with E-state index in [4.69, 9.17) is 14.2 Å². The molecule has 4 rings (SSSR count). The summed E-state index contributed by atoms with van der Waals surface area (Å²) >= 11 is 0. The van der Waals surface area contributed by atoms with Gasteiger partial charge < -0.3 is 14.2 Å². The normalized spacial score (nSPS) is 38.3. The molecule has 5 nitrogen and oxygen atoms in total. The molecule has 1 aromatic rings. The Morgan fingerprint density at radius 3 is 2.68 bits per heavy atom. The molecule has 5 heteroatoms. The van der Waals surface area contributed by atoms with Crippen LogP contribution >= 0.6 is 0 Å². The lowest BCUT2D eigenvalue weighted by Gasteiger charge is -2.18. The Morgan fingerprint density at radius 1 is 1.27 bits per heavy atom. The molecule has 3 aliphatic rings. The van der Waals surface area contributed by atoms with E-state index in [0.717, 1.165) is 12.3 Å². The summed E-state index contributed by atoms with van der Waals surface area (Å²) in [5.74, 6) is 0.539. The van der Waals surface area contributed by atoms with E-state index in [1.807, 2.05) is 38.1 Å². The standard InChI is InChI=1S/C17H21NO4/c1-17(2)21-13-8-12(19)14-15(16(13)22-17)18(14)9-10-4-6-11(20-3)7-5-10/h4-7,13-16H,8-9H2,1-3H3/t13-,14+,15+,16-,18?/m1/s1. The van der Waals surface area contributed by atoms with Crippen LogP contribution in [0.3, 0.4) is 0 Å². The van der Waals surface area contributed by atoms with Crippen molar-refractivity contribution >= 4 is 5.78 Å². The number of carbonyl (C=O) groups excluding carboxylic acids is 1. The van der Waals surface area contributed by atoms with Gasteiger partial charge in [0.2, 0.25) is 0 Å². The molecule has 2 aliphatic heterocycles. The van der Waals surface area contributed by atoms with Crippen molar-refractivity contribution < 1.29 is 19.0 Å². The highest BCUT2D eigenvalue weighted by atomic mass is 16.8. The van der Waals surface area contributed by atoms with Crippen LogP contribution < -0.4 is 4.74 Å². The van der Waals surface area contributed by atoms with Crippen molar-refractivity contribution in [3.63, 3.8) is 0 Å². The zero-order chi connectivity index (χ0) is 15.5. The Kier molecular flexibility index (Phi) is 3.08. The van der Waals surface area contributed by atoms with Crippen LogP contribution in [0.15, 0.2) is 24.3 Å². The van der Waals surface area contributed by atoms with Gasteiger partial charge in [-0.25, -0.2) is 0 Å². The molecular weight excluding hydrogens is 282 g/mol. The predicted molar refractivity (Wildman–Crippen MR) is 79.6 cm³/mol. The highest BCUT2D eigenvalue weighted by Gasteiger charge is 2.65. The van der Waals surface area contributed by atoms with Gasteiger partial charge in [-0.05, 0) is 31.5 Å². The first-order chi connectivity index (χ1) is 10.5. The molecule has 0 bridgehead atoms. The van der Waals surface area contributed by atoms with Crippen molar-refractivity contribution in [2.24, 2.45) is 0 Å². The van der Waals surface area contributed by atoms with E-state index in [2.05, 4.69) is 4.90 Å². The van der Waals surface area contributed by atoms with E-state index in [9.17, 15) is 4.79 Å². The third kappa shape index (κ3) is 2.24. The van der Waals surface area contributed by atoms with E-state index < -0.39 is 5.79 Å². The fourth-order valence-corrected chi connectivity index (χ4v) is 3.82. The van der Waals surface area contributed by atoms with Crippen molar-refractivity contribution in [2.45, 2.75) is 56.9 Å². The minimum absolute atomic E-state index is 0.000789. The Hall–Kier alpha value is -1.43. The van der Waals surface area contributed by atoms with Gasteiger partial charge in [0.05, 0.1) is 25.3 Å². The number of Topliss-reactive ketones (excluding diaryl/α,β-unsaturated/α-hetero) is 1. The van der Waals surface area contributed by atoms with Crippen molar-refractivity contribution in [1.29, 1.82) is 0 Å². The third-order valence-corrected chi connectivity index (χ3v) is 4.79. The van der Waals surface area contributed by atoms with Crippen LogP contribution in [0, 0.1) is 0 Å². The van der Waals surface area contributed by atoms with E-state index in [0.29, 0.717) is 6.42 Å². The molecule has 1 aromatic carbocycles. The van der Waals surface area contributed by atoms with Gasteiger partial charge in [0.1, 0.15) is 11.9 Å². The quantitative estimate of drug-likeness (QED) is 0.796. The van der Waals surface area contributed by atoms with Gasteiger partial charge >= 0.3 is 0 Å². The molecule has 22 heavy (non-hydrogen) atoms. The number of benzene rings is 1. The SMILES string of the molecule is COc1ccc(CN2[C@@H]3[C@@H]4OC(C)(C)O[C@@H]4CC(=O)[C@@H]32)cc1. The first-order valence-corrected chi connectivity index (χ1v) is 7.75. The summed E-state index contributed by atoms with van der Waals surface area (Å²) in [6, 6.07) is 8.15. The molecule has 0 aromatic heterocycles. The number of likely N-dealkylation sites (tertiary alicyclic amines) is 1. The first-order valence-electron chi connectivity index (χ1n) is 7.75. The molecule has 1 unspecified atom stereocenters. The number of ketones is 1. The second-order valence-corrected chi connectivity index (χ2v) is 6.76. The maximum absolute atomic E-state index is 12.3. The maximum Gasteiger partial charge on any atom is 0.163 e. The molecule has 5 atom stereocenters. The summed E-state index contributed by atoms with van der Waals surface area (Å²) in [6.45, 7) is 4.60. The van der Waals surface area contributed by atoms with E-state index in [1.54, 1.807) is 7.11 Å². The Bertz CT molecular complexity index is 597. The average Bonchev–Trinajstić information content (AvgIpc) is 3.09. The molecule has 3 fully saturated rings. The minimum atomic E-state index is -0.584. The van der Waals surface area contributed by atoms with Crippen LogP contribution in [0.5, 0.6) is 5.75 Å². The molecule has 0 amide bonds. The largest absolute Gasteiger partial charge is 0.497 e. The van der Waals surface area contributed by atoms with Crippen LogP contribution in [0.2, 0.25) is 0 Å². The number of ether oxygens (including phenoxy) is 3. The maximum atomic E-state index is 12.3. The van der Waals surface area contributed by atoms with Gasteiger partial charge in [-0.1, -0.05) is 12.1 Å². The van der Waals surface area contributed by atoms with Crippen molar-refractivity contribution in [3.05, 3.63) is 29.8 Å². The molecule has 1 aliphatic carbocycles. The van der Waals surface area contributed by atoms with Crippen molar-refractivity contribution in [1.82, 2.24) is 4.90 Å². The third-order valence-electron chi connectivity index (χ3n) is 4.79. The lowest BCUT2D eigenvalue weighted by molar-refractivity contribution is -0.147. The molecule has 2 saturated heterocycles. The lowest BCUT2D eigenvalue weighted by atomic mass is 9.94. The number of nitrogens with zero attached hydrogens (tertiary/aromatic N) is 1. The smallest absolute Gasteiger partial charge is 0.163 e. The number of rotatable bonds is 3. The fraction of sp³-hybridized carbons (Fsp3) is 0.588. The van der Waals surface area contributed by atoms with Crippen molar-refractivity contribution in [2.75, 3.05) is 7.11 Å². The number of hydrogen-bond donors (Lipinski definition) is 0. The number of hydrogen-bond acceptors (Lipinski definition) is 5. The van der Waals surface area contributed by atoms with Gasteiger partial charge in [-0.3, -0.25) is 9.69 Å². The summed E-state index contributed by atoms with van der Waals surface area (Å²) in [4.78, 5) is 14.5. The molecule has 0 N–H and O–H groups in total. The zero-order valence-electron chi connectivity index (χ0n) is 13.1. The van der Waals surface area contributed by atoms with Gasteiger partial charge in [-0.2, -0.15) is 0 Å². The molecule has 1 saturated carbocycles. The van der Waals surface area contributed by atoms with E-state index in [1.165, 1.54) is 5.56 Å². The second kappa shape index (κ2) is 4.78. The molecule has 2 heterocycles. The Balaban J connectivity index is 1.49. The average molecular weight is 303 g/mol. The van der Waals surface area contributed by atoms with E-state index in [-0.39, 0.29) is 30.1 Å². The molecular formula is C17H21NO4. The summed E-state index contributed by atoms with van der Waals surface area (Å²) in [5.41, 5.74) is 1.18. The van der Waals surface area contributed by atoms with Gasteiger partial charge in [0, 0.05) is 13.0 Å². The number of carbonyl (C=O) groups is 1. The molecule has 118 valence electrons. The van der Waals surface area contributed by atoms with Crippen LogP contribution in [0.1, 0.15) is 25.8 Å². The first kappa shape index (κ1) is 14.2.